The van der Waals surface area contributed by atoms with Crippen LogP contribution in [0.3, 0.4) is 0 Å². The Kier molecular flexibility index (Phi) is 7.37. The van der Waals surface area contributed by atoms with Crippen LogP contribution in [-0.2, 0) is 0 Å². The van der Waals surface area contributed by atoms with E-state index in [1.165, 1.54) is 6.21 Å². The summed E-state index contributed by atoms with van der Waals surface area (Å²) in [6.07, 6.45) is 3.25. The van der Waals surface area contributed by atoms with Crippen molar-refractivity contribution in [2.75, 3.05) is 0 Å². The summed E-state index contributed by atoms with van der Waals surface area (Å²) in [7, 11) is 0. The summed E-state index contributed by atoms with van der Waals surface area (Å²) in [4.78, 5) is 15.4. The first-order chi connectivity index (χ1) is 25.2. The number of hydrogen-bond donors (Lipinski definition) is 1. The van der Waals surface area contributed by atoms with E-state index in [4.69, 9.17) is 20.4 Å². The van der Waals surface area contributed by atoms with Crippen molar-refractivity contribution in [2.45, 2.75) is 0 Å². The minimum absolute atomic E-state index is 0.615. The third-order valence-corrected chi connectivity index (χ3v) is 9.56. The second-order valence-electron chi connectivity index (χ2n) is 12.4. The lowest BCUT2D eigenvalue weighted by atomic mass is 9.87. The minimum Gasteiger partial charge on any atom is -0.309 e. The molecule has 0 radical (unpaired) electrons. The molecule has 0 saturated heterocycles. The summed E-state index contributed by atoms with van der Waals surface area (Å²) in [6.45, 7) is 4.11. The van der Waals surface area contributed by atoms with Gasteiger partial charge in [-0.15, -0.1) is 0 Å². The number of nitrogens with one attached hydrogen (secondary N) is 1. The van der Waals surface area contributed by atoms with E-state index < -0.39 is 0 Å². The first-order valence-electron chi connectivity index (χ1n) is 16.9. The van der Waals surface area contributed by atoms with Crippen LogP contribution in [0.2, 0.25) is 0 Å². The van der Waals surface area contributed by atoms with E-state index in [1.54, 1.807) is 0 Å². The number of nitrogens with zero attached hydrogens (tertiary/aromatic N) is 4. The second kappa shape index (κ2) is 12.5. The van der Waals surface area contributed by atoms with E-state index in [2.05, 4.69) is 96.1 Å². The van der Waals surface area contributed by atoms with Crippen LogP contribution in [0.15, 0.2) is 164 Å². The van der Waals surface area contributed by atoms with Crippen LogP contribution in [0.5, 0.6) is 0 Å². The molecular formula is C46H31N5. The molecule has 0 aliphatic heterocycles. The van der Waals surface area contributed by atoms with E-state index in [1.807, 2.05) is 78.9 Å². The maximum Gasteiger partial charge on any atom is 0.165 e. The normalized spacial score (nSPS) is 11.3. The van der Waals surface area contributed by atoms with Gasteiger partial charge in [0, 0.05) is 45.1 Å². The average Bonchev–Trinajstić information content (AvgIpc) is 3.54. The van der Waals surface area contributed by atoms with Crippen LogP contribution >= 0.6 is 0 Å². The Balaban J connectivity index is 1.34. The highest BCUT2D eigenvalue weighted by atomic mass is 15.0. The Morgan fingerprint density at radius 1 is 0.451 bits per heavy atom. The van der Waals surface area contributed by atoms with E-state index in [0.29, 0.717) is 17.5 Å². The monoisotopic (exact) mass is 653 g/mol. The van der Waals surface area contributed by atoms with Gasteiger partial charge in [-0.3, -0.25) is 0 Å². The van der Waals surface area contributed by atoms with Gasteiger partial charge in [0.05, 0.1) is 11.2 Å². The molecule has 0 fully saturated rings. The van der Waals surface area contributed by atoms with Crippen molar-refractivity contribution in [3.05, 3.63) is 176 Å². The summed E-state index contributed by atoms with van der Waals surface area (Å²) in [6, 6.07) is 54.2. The third-order valence-electron chi connectivity index (χ3n) is 9.56. The predicted octanol–water partition coefficient (Wildman–Crippen LogP) is 11.4. The van der Waals surface area contributed by atoms with Crippen molar-refractivity contribution in [2.24, 2.45) is 0 Å². The van der Waals surface area contributed by atoms with Gasteiger partial charge in [-0.2, -0.15) is 0 Å². The summed E-state index contributed by atoms with van der Waals surface area (Å²) in [5.74, 6) is 1.86. The van der Waals surface area contributed by atoms with E-state index in [0.717, 1.165) is 77.2 Å². The van der Waals surface area contributed by atoms with Crippen LogP contribution in [-0.4, -0.2) is 25.7 Å². The first kappa shape index (κ1) is 30.1. The summed E-state index contributed by atoms with van der Waals surface area (Å²) in [5.41, 5.74) is 8.67. The standard InChI is InChI=1S/C46H31N5/c1-2-40-39(29-47)36-21-13-14-24-41(36)51(40)33-27-25-30(26-28-33)42-37-22-11-9-19-34(37)35-20-10-12-23-38(35)43(42)46-49-44(31-15-5-3-6-16-31)48-45(50-46)32-17-7-4-8-18-32/h2-29,47H,1H2. The Bertz CT molecular complexity index is 2710. The molecule has 0 spiro atoms. The van der Waals surface area contributed by atoms with Crippen LogP contribution in [0.25, 0.3) is 89.5 Å². The molecule has 0 bridgehead atoms. The molecule has 0 atom stereocenters. The second-order valence-corrected chi connectivity index (χ2v) is 12.4. The van der Waals surface area contributed by atoms with Gasteiger partial charge >= 0.3 is 0 Å². The Morgan fingerprint density at radius 3 is 1.47 bits per heavy atom. The van der Waals surface area contributed by atoms with Crippen molar-refractivity contribution < 1.29 is 0 Å². The first-order valence-corrected chi connectivity index (χ1v) is 16.9. The summed E-state index contributed by atoms with van der Waals surface area (Å²) >= 11 is 0. The molecular weight excluding hydrogens is 623 g/mol. The number of rotatable bonds is 7. The van der Waals surface area contributed by atoms with Crippen LogP contribution in [0.1, 0.15) is 11.3 Å². The number of aromatic nitrogens is 4. The Morgan fingerprint density at radius 2 is 0.922 bits per heavy atom. The zero-order valence-corrected chi connectivity index (χ0v) is 27.7. The molecule has 5 heteroatoms. The van der Waals surface area contributed by atoms with Gasteiger partial charge in [0.15, 0.2) is 17.5 Å². The minimum atomic E-state index is 0.615. The lowest BCUT2D eigenvalue weighted by Gasteiger charge is -2.19. The molecule has 240 valence electrons. The van der Waals surface area contributed by atoms with E-state index >= 15 is 0 Å². The highest BCUT2D eigenvalue weighted by molar-refractivity contribution is 6.21. The topological polar surface area (TPSA) is 67.5 Å². The largest absolute Gasteiger partial charge is 0.309 e. The van der Waals surface area contributed by atoms with Gasteiger partial charge in [0.1, 0.15) is 0 Å². The fourth-order valence-electron chi connectivity index (χ4n) is 7.29. The molecule has 0 aliphatic rings. The van der Waals surface area contributed by atoms with E-state index in [9.17, 15) is 0 Å². The molecule has 5 nitrogen and oxygen atoms in total. The number of fused-ring (bicyclic) bond motifs is 4. The molecule has 1 N–H and O–H groups in total. The molecule has 0 aliphatic carbocycles. The van der Waals surface area contributed by atoms with Gasteiger partial charge in [0.25, 0.3) is 0 Å². The quantitative estimate of drug-likeness (QED) is 0.137. The fraction of sp³-hybridized carbons (Fsp3) is 0. The smallest absolute Gasteiger partial charge is 0.165 e. The van der Waals surface area contributed by atoms with Crippen LogP contribution in [0.4, 0.5) is 0 Å². The van der Waals surface area contributed by atoms with E-state index in [-0.39, 0.29) is 0 Å². The highest BCUT2D eigenvalue weighted by Crippen LogP contribution is 2.44. The van der Waals surface area contributed by atoms with Gasteiger partial charge < -0.3 is 9.98 Å². The maximum atomic E-state index is 8.18. The zero-order valence-electron chi connectivity index (χ0n) is 27.7. The lowest BCUT2D eigenvalue weighted by molar-refractivity contribution is 1.08. The van der Waals surface area contributed by atoms with Crippen LogP contribution in [0, 0.1) is 5.41 Å². The van der Waals surface area contributed by atoms with Crippen molar-refractivity contribution >= 4 is 44.7 Å². The van der Waals surface area contributed by atoms with Gasteiger partial charge in [-0.25, -0.2) is 15.0 Å². The lowest BCUT2D eigenvalue weighted by Crippen LogP contribution is -2.02. The van der Waals surface area contributed by atoms with Gasteiger partial charge in [0.2, 0.25) is 0 Å². The number of hydrogen-bond acceptors (Lipinski definition) is 4. The molecule has 0 amide bonds. The molecule has 9 rings (SSSR count). The highest BCUT2D eigenvalue weighted by Gasteiger charge is 2.22. The summed E-state index contributed by atoms with van der Waals surface area (Å²) in [5, 5.41) is 13.7. The van der Waals surface area contributed by atoms with Crippen molar-refractivity contribution in [1.82, 2.24) is 19.5 Å². The molecule has 7 aromatic carbocycles. The van der Waals surface area contributed by atoms with Crippen molar-refractivity contribution in [3.63, 3.8) is 0 Å². The summed E-state index contributed by atoms with van der Waals surface area (Å²) < 4.78 is 2.18. The average molecular weight is 654 g/mol. The molecule has 9 aromatic rings. The number of benzene rings is 7. The molecule has 0 saturated carbocycles. The fourth-order valence-corrected chi connectivity index (χ4v) is 7.29. The van der Waals surface area contributed by atoms with Gasteiger partial charge in [-0.1, -0.05) is 146 Å². The number of para-hydroxylation sites is 1. The van der Waals surface area contributed by atoms with Gasteiger partial charge in [-0.05, 0) is 51.4 Å². The van der Waals surface area contributed by atoms with Crippen molar-refractivity contribution in [1.29, 1.82) is 5.41 Å². The SMILES string of the molecule is C=Cc1c(C=N)c2ccccc2n1-c1ccc(-c2c(-c3nc(-c4ccccc4)nc(-c4ccccc4)n3)c3ccccc3c3ccccc23)cc1. The predicted molar refractivity (Wildman–Crippen MR) is 211 cm³/mol. The molecule has 2 aromatic heterocycles. The Hall–Kier alpha value is -6.98. The Labute approximate surface area is 295 Å². The molecule has 0 unspecified atom stereocenters. The van der Waals surface area contributed by atoms with Crippen molar-refractivity contribution in [3.8, 4) is 51.0 Å². The zero-order chi connectivity index (χ0) is 34.3. The maximum absolute atomic E-state index is 8.18. The molecule has 2 heterocycles. The third kappa shape index (κ3) is 5.03. The molecule has 51 heavy (non-hydrogen) atoms. The van der Waals surface area contributed by atoms with Crippen LogP contribution < -0.4 is 0 Å².